The molecule has 2 aromatic carbocycles. The Bertz CT molecular complexity index is 2150. The van der Waals surface area contributed by atoms with Gasteiger partial charge in [-0.05, 0) is 94.8 Å². The molecule has 0 saturated carbocycles. The largest absolute Gasteiger partial charge is 0.385 e. The molecule has 53 heavy (non-hydrogen) atoms. The van der Waals surface area contributed by atoms with Crippen LogP contribution in [0.15, 0.2) is 70.1 Å². The minimum Gasteiger partial charge on any atom is -0.385 e. The highest BCUT2D eigenvalue weighted by Crippen LogP contribution is 2.51. The lowest BCUT2D eigenvalue weighted by Crippen LogP contribution is -2.33. The number of benzene rings is 2. The topological polar surface area (TPSA) is 234 Å². The third-order valence-electron chi connectivity index (χ3n) is 10.2. The van der Waals surface area contributed by atoms with Crippen molar-refractivity contribution in [2.75, 3.05) is 37.5 Å². The van der Waals surface area contributed by atoms with Crippen LogP contribution in [0.4, 0.5) is 11.4 Å². The van der Waals surface area contributed by atoms with E-state index in [1.165, 1.54) is 24.3 Å². The van der Waals surface area contributed by atoms with E-state index in [9.17, 15) is 43.7 Å². The van der Waals surface area contributed by atoms with Gasteiger partial charge in [-0.1, -0.05) is 6.08 Å². The monoisotopic (exact) mass is 797 g/mol. The van der Waals surface area contributed by atoms with Crippen molar-refractivity contribution in [3.05, 3.63) is 71.5 Å². The molecule has 0 aliphatic carbocycles. The average Bonchev–Trinajstić information content (AvgIpc) is 3.45. The molecule has 0 saturated heterocycles. The summed E-state index contributed by atoms with van der Waals surface area (Å²) in [5.41, 5.74) is 4.62. The molecular formula is C35H49N4O11S3+. The number of nitrogens with one attached hydrogen (secondary N) is 1. The summed E-state index contributed by atoms with van der Waals surface area (Å²) < 4.78 is 109. The van der Waals surface area contributed by atoms with Gasteiger partial charge in [-0.15, -0.1) is 0 Å². The summed E-state index contributed by atoms with van der Waals surface area (Å²) in [6, 6.07) is 8.79. The van der Waals surface area contributed by atoms with Crippen LogP contribution in [0.3, 0.4) is 0 Å². The predicted octanol–water partition coefficient (Wildman–Crippen LogP) is 4.03. The molecule has 292 valence electrons. The Labute approximate surface area is 311 Å². The van der Waals surface area contributed by atoms with Crippen molar-refractivity contribution < 1.29 is 53.0 Å². The van der Waals surface area contributed by atoms with E-state index in [1.54, 1.807) is 19.2 Å². The first-order valence-electron chi connectivity index (χ1n) is 17.2. The summed E-state index contributed by atoms with van der Waals surface area (Å²) in [7, 11) is -11.8. The van der Waals surface area contributed by atoms with E-state index >= 15 is 0 Å². The first-order chi connectivity index (χ1) is 24.7. The summed E-state index contributed by atoms with van der Waals surface area (Å²) in [6.45, 7) is 7.04. The number of nitrogens with two attached hydrogens (primary N) is 1. The SMILES string of the molecule is CCN1C(=CC=CC2=[N+](CCCCCC(=O)NN)c3ccc(S(=O)(=O)O)cc3C2(C)CCOC)C(C)(CCCS(=O)(=O)O)c2cc(S(=O)(=O)O)ccc21. The van der Waals surface area contributed by atoms with E-state index in [2.05, 4.69) is 10.0 Å². The Morgan fingerprint density at radius 2 is 1.55 bits per heavy atom. The molecule has 6 N–H and O–H groups in total. The van der Waals surface area contributed by atoms with E-state index in [0.29, 0.717) is 62.2 Å². The third-order valence-corrected chi connectivity index (χ3v) is 12.7. The minimum absolute atomic E-state index is 0.0576. The number of methoxy groups -OCH3 is 1. The average molecular weight is 798 g/mol. The Morgan fingerprint density at radius 1 is 0.906 bits per heavy atom. The van der Waals surface area contributed by atoms with Crippen LogP contribution < -0.4 is 16.2 Å². The maximum absolute atomic E-state index is 12.2. The molecule has 0 fully saturated rings. The number of likely N-dealkylation sites (N-methyl/N-ethyl adjacent to an activating group) is 1. The Kier molecular flexibility index (Phi) is 13.1. The number of rotatable bonds is 18. The van der Waals surface area contributed by atoms with E-state index in [-0.39, 0.29) is 35.0 Å². The molecule has 15 nitrogen and oxygen atoms in total. The molecule has 0 aromatic heterocycles. The number of allylic oxidation sites excluding steroid dienone is 4. The number of unbranched alkanes of at least 4 members (excludes halogenated alkanes) is 2. The zero-order chi connectivity index (χ0) is 39.4. The van der Waals surface area contributed by atoms with E-state index in [4.69, 9.17) is 10.6 Å². The van der Waals surface area contributed by atoms with Crippen LogP contribution in [-0.2, 0) is 50.7 Å². The number of hydrogen-bond donors (Lipinski definition) is 5. The van der Waals surface area contributed by atoms with Crippen LogP contribution in [-0.4, -0.2) is 87.7 Å². The lowest BCUT2D eigenvalue weighted by Gasteiger charge is -2.30. The van der Waals surface area contributed by atoms with Crippen molar-refractivity contribution in [2.45, 2.75) is 86.3 Å². The van der Waals surface area contributed by atoms with Crippen LogP contribution in [0.1, 0.15) is 76.8 Å². The first kappa shape index (κ1) is 42.3. The molecule has 2 aliphatic rings. The number of amides is 1. The van der Waals surface area contributed by atoms with Crippen LogP contribution in [0.2, 0.25) is 0 Å². The molecule has 1 amide bonds. The standard InChI is InChI=1S/C35H48N4O11S3/c1-5-38-29-16-14-25(52(44,45)46)23-27(29)34(2,18-10-22-51(41,42)43)31(38)11-9-12-32-35(3,19-21-50-4)28-24-26(53(47,48)49)15-17-30(28)39(32)20-8-6-7-13-33(40)37-36/h9,11-12,14-17,23-24H,5-8,10,13,18-22,36H2,1-4H3,(H3-,37,40,41,42,43,44,45,46,47,48,49)/p+1. The normalized spacial score (nSPS) is 21.1. The van der Waals surface area contributed by atoms with Gasteiger partial charge < -0.3 is 9.64 Å². The molecule has 2 aliphatic heterocycles. The van der Waals surface area contributed by atoms with Gasteiger partial charge in [0, 0.05) is 67.6 Å². The van der Waals surface area contributed by atoms with Crippen LogP contribution in [0, 0.1) is 0 Å². The number of carbonyl (C=O) groups is 1. The Hall–Kier alpha value is -3.49. The van der Waals surface area contributed by atoms with Gasteiger partial charge in [-0.25, -0.2) is 5.84 Å². The van der Waals surface area contributed by atoms with Crippen molar-refractivity contribution in [3.63, 3.8) is 0 Å². The van der Waals surface area contributed by atoms with E-state index < -0.39 is 46.9 Å². The van der Waals surface area contributed by atoms with Crippen molar-refractivity contribution in [1.29, 1.82) is 0 Å². The highest BCUT2D eigenvalue weighted by Gasteiger charge is 2.48. The van der Waals surface area contributed by atoms with Gasteiger partial charge in [0.1, 0.15) is 6.54 Å². The number of hydrazine groups is 1. The van der Waals surface area contributed by atoms with Crippen molar-refractivity contribution >= 4 is 53.3 Å². The van der Waals surface area contributed by atoms with Gasteiger partial charge in [0.15, 0.2) is 5.71 Å². The number of nitrogens with zero attached hydrogens (tertiary/aromatic N) is 2. The number of carbonyl (C=O) groups excluding carboxylic acids is 1. The molecule has 18 heteroatoms. The lowest BCUT2D eigenvalue weighted by molar-refractivity contribution is -0.438. The molecular weight excluding hydrogens is 749 g/mol. The van der Waals surface area contributed by atoms with Crippen LogP contribution in [0.25, 0.3) is 0 Å². The van der Waals surface area contributed by atoms with Gasteiger partial charge in [0.2, 0.25) is 11.6 Å². The maximum atomic E-state index is 12.2. The number of ether oxygens (including phenoxy) is 1. The number of hydrogen-bond acceptors (Lipinski definition) is 10. The second-order valence-corrected chi connectivity index (χ2v) is 18.1. The summed E-state index contributed by atoms with van der Waals surface area (Å²) in [6.07, 6.45) is 8.59. The van der Waals surface area contributed by atoms with Crippen molar-refractivity contribution in [3.8, 4) is 0 Å². The molecule has 2 aromatic rings. The molecule has 0 spiro atoms. The Morgan fingerprint density at radius 3 is 2.13 bits per heavy atom. The molecule has 0 radical (unpaired) electrons. The fourth-order valence-corrected chi connectivity index (χ4v) is 8.96. The summed E-state index contributed by atoms with van der Waals surface area (Å²) in [5, 5.41) is 0. The summed E-state index contributed by atoms with van der Waals surface area (Å²) in [5.74, 6) is 4.45. The third kappa shape index (κ3) is 9.43. The molecule has 2 heterocycles. The minimum atomic E-state index is -4.56. The summed E-state index contributed by atoms with van der Waals surface area (Å²) in [4.78, 5) is 13.1. The second kappa shape index (κ2) is 16.5. The lowest BCUT2D eigenvalue weighted by atomic mass is 9.76. The van der Waals surface area contributed by atoms with Crippen molar-refractivity contribution in [2.24, 2.45) is 5.84 Å². The van der Waals surface area contributed by atoms with Gasteiger partial charge >= 0.3 is 0 Å². The van der Waals surface area contributed by atoms with Gasteiger partial charge in [-0.2, -0.15) is 29.8 Å². The predicted molar refractivity (Wildman–Crippen MR) is 200 cm³/mol. The van der Waals surface area contributed by atoms with E-state index in [0.717, 1.165) is 17.1 Å². The van der Waals surface area contributed by atoms with E-state index in [1.807, 2.05) is 43.9 Å². The van der Waals surface area contributed by atoms with Crippen LogP contribution >= 0.6 is 0 Å². The zero-order valence-electron chi connectivity index (χ0n) is 30.3. The van der Waals surface area contributed by atoms with Gasteiger partial charge in [-0.3, -0.25) is 23.9 Å². The van der Waals surface area contributed by atoms with Gasteiger partial charge in [0.25, 0.3) is 30.4 Å². The fraction of sp³-hybridized carbons (Fsp3) is 0.486. The van der Waals surface area contributed by atoms with Crippen molar-refractivity contribution in [1.82, 2.24) is 5.43 Å². The van der Waals surface area contributed by atoms with Gasteiger partial charge in [0.05, 0.1) is 21.0 Å². The first-order valence-corrected chi connectivity index (χ1v) is 21.7. The molecule has 4 rings (SSSR count). The zero-order valence-corrected chi connectivity index (χ0v) is 32.7. The highest BCUT2D eigenvalue weighted by atomic mass is 32.2. The number of fused-ring (bicyclic) bond motifs is 2. The fourth-order valence-electron chi connectivity index (χ4n) is 7.44. The molecule has 0 bridgehead atoms. The molecule has 2 unspecified atom stereocenters. The maximum Gasteiger partial charge on any atom is 0.294 e. The Balaban J connectivity index is 1.86. The number of anilines is 1. The quantitative estimate of drug-likeness (QED) is 0.0359. The summed E-state index contributed by atoms with van der Waals surface area (Å²) >= 11 is 0. The smallest absolute Gasteiger partial charge is 0.294 e. The highest BCUT2D eigenvalue weighted by molar-refractivity contribution is 7.86. The van der Waals surface area contributed by atoms with Crippen LogP contribution in [0.5, 0.6) is 0 Å². The molecule has 2 atom stereocenters. The second-order valence-electron chi connectivity index (χ2n) is 13.7.